The van der Waals surface area contributed by atoms with Gasteiger partial charge in [0.25, 0.3) is 0 Å². The van der Waals surface area contributed by atoms with E-state index in [0.717, 1.165) is 31.9 Å². The van der Waals surface area contributed by atoms with Crippen LogP contribution in [0.25, 0.3) is 0 Å². The highest BCUT2D eigenvalue weighted by atomic mass is 35.5. The Kier molecular flexibility index (Phi) is 5.84. The molecule has 2 atom stereocenters. The van der Waals surface area contributed by atoms with E-state index in [1.54, 1.807) is 0 Å². The fourth-order valence-corrected chi connectivity index (χ4v) is 3.68. The van der Waals surface area contributed by atoms with E-state index in [1.165, 1.54) is 16.8 Å². The molecule has 0 aliphatic carbocycles. The van der Waals surface area contributed by atoms with Crippen molar-refractivity contribution in [3.8, 4) is 0 Å². The number of benzene rings is 1. The molecular formula is C18H27ClN4. The second-order valence-electron chi connectivity index (χ2n) is 6.48. The van der Waals surface area contributed by atoms with E-state index in [-0.39, 0.29) is 12.4 Å². The van der Waals surface area contributed by atoms with Crippen LogP contribution in [0.15, 0.2) is 30.3 Å². The molecule has 2 aromatic rings. The summed E-state index contributed by atoms with van der Waals surface area (Å²) >= 11 is 0. The average molecular weight is 335 g/mol. The lowest BCUT2D eigenvalue weighted by Crippen LogP contribution is -2.23. The Hall–Kier alpha value is -1.36. The minimum Gasteiger partial charge on any atom is -0.330 e. The third-order valence-corrected chi connectivity index (χ3v) is 5.09. The lowest BCUT2D eigenvalue weighted by Gasteiger charge is -2.17. The first kappa shape index (κ1) is 18.0. The van der Waals surface area contributed by atoms with Crippen LogP contribution >= 0.6 is 12.4 Å². The standard InChI is InChI=1S/C18H26N4.ClH/c1-13-17(14(2)21(3)20-13)11-22-10-16(9-19)18(12-22)15-7-5-4-6-8-15;/h4-8,16,18H,9-12,19H2,1-3H3;1H/t16-,18+;/m1./s1. The van der Waals surface area contributed by atoms with Crippen molar-refractivity contribution in [1.82, 2.24) is 14.7 Å². The van der Waals surface area contributed by atoms with Gasteiger partial charge in [-0.25, -0.2) is 0 Å². The number of nitrogens with zero attached hydrogens (tertiary/aromatic N) is 3. The maximum atomic E-state index is 6.04. The SMILES string of the molecule is Cc1nn(C)c(C)c1CN1C[C@@H](CN)[C@H](c2ccccc2)C1.Cl. The van der Waals surface area contributed by atoms with Gasteiger partial charge in [-0.15, -0.1) is 12.4 Å². The highest BCUT2D eigenvalue weighted by Gasteiger charge is 2.33. The van der Waals surface area contributed by atoms with Gasteiger partial charge >= 0.3 is 0 Å². The Morgan fingerprint density at radius 2 is 1.87 bits per heavy atom. The third kappa shape index (κ3) is 3.60. The zero-order chi connectivity index (χ0) is 15.7. The lowest BCUT2D eigenvalue weighted by molar-refractivity contribution is 0.315. The van der Waals surface area contributed by atoms with E-state index < -0.39 is 0 Å². The van der Waals surface area contributed by atoms with E-state index in [2.05, 4.69) is 54.2 Å². The Morgan fingerprint density at radius 3 is 2.43 bits per heavy atom. The maximum absolute atomic E-state index is 6.04. The molecule has 126 valence electrons. The van der Waals surface area contributed by atoms with Crippen molar-refractivity contribution in [3.05, 3.63) is 52.8 Å². The summed E-state index contributed by atoms with van der Waals surface area (Å²) in [5.41, 5.74) is 11.2. The number of likely N-dealkylation sites (tertiary alicyclic amines) is 1. The summed E-state index contributed by atoms with van der Waals surface area (Å²) in [6.45, 7) is 8.14. The summed E-state index contributed by atoms with van der Waals surface area (Å²) in [5.74, 6) is 1.09. The van der Waals surface area contributed by atoms with Crippen molar-refractivity contribution in [1.29, 1.82) is 0 Å². The maximum Gasteiger partial charge on any atom is 0.0641 e. The predicted octanol–water partition coefficient (Wildman–Crippen LogP) is 2.63. The van der Waals surface area contributed by atoms with Gasteiger partial charge in [0.1, 0.15) is 0 Å². The average Bonchev–Trinajstić information content (AvgIpc) is 3.05. The van der Waals surface area contributed by atoms with E-state index in [9.17, 15) is 0 Å². The monoisotopic (exact) mass is 334 g/mol. The smallest absolute Gasteiger partial charge is 0.0641 e. The van der Waals surface area contributed by atoms with Crippen LogP contribution < -0.4 is 5.73 Å². The summed E-state index contributed by atoms with van der Waals surface area (Å²) in [5, 5.41) is 4.53. The number of hydrogen-bond donors (Lipinski definition) is 1. The van der Waals surface area contributed by atoms with E-state index in [4.69, 9.17) is 5.73 Å². The summed E-state index contributed by atoms with van der Waals surface area (Å²) < 4.78 is 1.98. The molecule has 0 unspecified atom stereocenters. The minimum absolute atomic E-state index is 0. The Labute approximate surface area is 145 Å². The van der Waals surface area contributed by atoms with Gasteiger partial charge in [0, 0.05) is 43.9 Å². The molecule has 2 heterocycles. The minimum atomic E-state index is 0. The first-order chi connectivity index (χ1) is 10.6. The highest BCUT2D eigenvalue weighted by Crippen LogP contribution is 2.33. The normalized spacial score (nSPS) is 21.4. The molecule has 0 amide bonds. The molecule has 1 saturated heterocycles. The van der Waals surface area contributed by atoms with Crippen LogP contribution in [-0.2, 0) is 13.6 Å². The molecule has 1 aliphatic rings. The van der Waals surface area contributed by atoms with Gasteiger partial charge in [-0.3, -0.25) is 9.58 Å². The van der Waals surface area contributed by atoms with Crippen molar-refractivity contribution in [3.63, 3.8) is 0 Å². The van der Waals surface area contributed by atoms with Crippen molar-refractivity contribution in [2.45, 2.75) is 26.3 Å². The number of nitrogens with two attached hydrogens (primary N) is 1. The molecular weight excluding hydrogens is 308 g/mol. The fraction of sp³-hybridized carbons (Fsp3) is 0.500. The van der Waals surface area contributed by atoms with Crippen LogP contribution in [-0.4, -0.2) is 34.3 Å². The summed E-state index contributed by atoms with van der Waals surface area (Å²) in [6, 6.07) is 10.8. The molecule has 5 heteroatoms. The molecule has 1 aliphatic heterocycles. The summed E-state index contributed by atoms with van der Waals surface area (Å²) in [4.78, 5) is 2.53. The molecule has 4 nitrogen and oxygen atoms in total. The fourth-order valence-electron chi connectivity index (χ4n) is 3.68. The molecule has 2 N–H and O–H groups in total. The zero-order valence-electron chi connectivity index (χ0n) is 14.2. The van der Waals surface area contributed by atoms with Crippen molar-refractivity contribution in [2.75, 3.05) is 19.6 Å². The van der Waals surface area contributed by atoms with Gasteiger partial charge in [0.2, 0.25) is 0 Å². The van der Waals surface area contributed by atoms with Crippen LogP contribution in [0, 0.1) is 19.8 Å². The van der Waals surface area contributed by atoms with Crippen LogP contribution in [0.3, 0.4) is 0 Å². The quantitative estimate of drug-likeness (QED) is 0.935. The first-order valence-electron chi connectivity index (χ1n) is 8.06. The molecule has 1 aromatic carbocycles. The molecule has 1 aromatic heterocycles. The number of aryl methyl sites for hydroxylation is 2. The predicted molar refractivity (Wildman–Crippen MR) is 96.9 cm³/mol. The van der Waals surface area contributed by atoms with Gasteiger partial charge in [-0.1, -0.05) is 30.3 Å². The van der Waals surface area contributed by atoms with Crippen molar-refractivity contribution in [2.24, 2.45) is 18.7 Å². The van der Waals surface area contributed by atoms with Gasteiger partial charge in [0.15, 0.2) is 0 Å². The Morgan fingerprint density at radius 1 is 1.17 bits per heavy atom. The summed E-state index contributed by atoms with van der Waals surface area (Å²) in [7, 11) is 2.02. The van der Waals surface area contributed by atoms with Gasteiger partial charge < -0.3 is 5.73 Å². The first-order valence-corrected chi connectivity index (χ1v) is 8.06. The highest BCUT2D eigenvalue weighted by molar-refractivity contribution is 5.85. The van der Waals surface area contributed by atoms with Crippen molar-refractivity contribution < 1.29 is 0 Å². The summed E-state index contributed by atoms with van der Waals surface area (Å²) in [6.07, 6.45) is 0. The number of halogens is 1. The Balaban J connectivity index is 0.00000192. The van der Waals surface area contributed by atoms with Crippen LogP contribution in [0.2, 0.25) is 0 Å². The largest absolute Gasteiger partial charge is 0.330 e. The molecule has 0 spiro atoms. The Bertz CT molecular complexity index is 638. The number of hydrogen-bond acceptors (Lipinski definition) is 3. The van der Waals surface area contributed by atoms with E-state index in [0.29, 0.717) is 11.8 Å². The second kappa shape index (κ2) is 7.47. The van der Waals surface area contributed by atoms with Gasteiger partial charge in [0.05, 0.1) is 5.69 Å². The van der Waals surface area contributed by atoms with Crippen molar-refractivity contribution >= 4 is 12.4 Å². The molecule has 23 heavy (non-hydrogen) atoms. The molecule has 0 bridgehead atoms. The van der Waals surface area contributed by atoms with E-state index in [1.807, 2.05) is 11.7 Å². The topological polar surface area (TPSA) is 47.1 Å². The molecule has 3 rings (SSSR count). The molecule has 1 fully saturated rings. The van der Waals surface area contributed by atoms with Crippen LogP contribution in [0.5, 0.6) is 0 Å². The zero-order valence-corrected chi connectivity index (χ0v) is 15.0. The molecule has 0 saturated carbocycles. The number of rotatable bonds is 4. The van der Waals surface area contributed by atoms with E-state index >= 15 is 0 Å². The van der Waals surface area contributed by atoms with Gasteiger partial charge in [-0.2, -0.15) is 5.10 Å². The third-order valence-electron chi connectivity index (χ3n) is 5.09. The molecule has 0 radical (unpaired) electrons. The number of aromatic nitrogens is 2. The second-order valence-corrected chi connectivity index (χ2v) is 6.48. The van der Waals surface area contributed by atoms with Gasteiger partial charge in [-0.05, 0) is 31.9 Å². The van der Waals surface area contributed by atoms with Crippen LogP contribution in [0.1, 0.15) is 28.4 Å². The van der Waals surface area contributed by atoms with Crippen LogP contribution in [0.4, 0.5) is 0 Å². The lowest BCUT2D eigenvalue weighted by atomic mass is 9.89.